The predicted octanol–water partition coefficient (Wildman–Crippen LogP) is 2.96. The molecule has 1 aromatic carbocycles. The van der Waals surface area contributed by atoms with Gasteiger partial charge in [-0.15, -0.1) is 24.0 Å². The van der Waals surface area contributed by atoms with Gasteiger partial charge in [-0.25, -0.2) is 9.98 Å². The lowest BCUT2D eigenvalue weighted by Crippen LogP contribution is -2.50. The molecule has 0 amide bonds. The van der Waals surface area contributed by atoms with Crippen molar-refractivity contribution in [3.05, 3.63) is 54.1 Å². The zero-order valence-electron chi connectivity index (χ0n) is 19.0. The Bertz CT molecular complexity index is 763. The molecule has 1 atom stereocenters. The van der Waals surface area contributed by atoms with E-state index in [2.05, 4.69) is 70.1 Å². The summed E-state index contributed by atoms with van der Waals surface area (Å²) in [7, 11) is 0. The number of rotatable bonds is 9. The van der Waals surface area contributed by atoms with Crippen LogP contribution >= 0.6 is 24.0 Å². The number of aliphatic imine (C=N–C) groups is 1. The van der Waals surface area contributed by atoms with Crippen molar-refractivity contribution < 1.29 is 4.74 Å². The Morgan fingerprint density at radius 3 is 2.68 bits per heavy atom. The summed E-state index contributed by atoms with van der Waals surface area (Å²) in [5, 5.41) is 6.79. The minimum Gasteiger partial charge on any atom is -0.374 e. The number of hydrogen-bond acceptors (Lipinski definition) is 4. The minimum absolute atomic E-state index is 0. The minimum atomic E-state index is 0. The SMILES string of the molecule is CCNC(=NCc1ccc(Cn2ccnc2)cc1)NCC1CN(CC(C)C)CCO1.I. The highest BCUT2D eigenvalue weighted by molar-refractivity contribution is 14.0. The molecule has 2 heterocycles. The van der Waals surface area contributed by atoms with Crippen molar-refractivity contribution in [2.24, 2.45) is 10.9 Å². The Labute approximate surface area is 203 Å². The third kappa shape index (κ3) is 9.16. The smallest absolute Gasteiger partial charge is 0.191 e. The van der Waals surface area contributed by atoms with E-state index >= 15 is 0 Å². The largest absolute Gasteiger partial charge is 0.374 e. The van der Waals surface area contributed by atoms with Gasteiger partial charge in [0.2, 0.25) is 0 Å². The summed E-state index contributed by atoms with van der Waals surface area (Å²) in [6.07, 6.45) is 5.82. The van der Waals surface area contributed by atoms with Crippen molar-refractivity contribution >= 4 is 29.9 Å². The summed E-state index contributed by atoms with van der Waals surface area (Å²) >= 11 is 0. The molecule has 1 fully saturated rings. The standard InChI is InChI=1S/C23H36N6O.HI/c1-4-25-23(27-14-22-17-28(11-12-30-22)15-19(2)3)26-13-20-5-7-21(8-6-20)16-29-10-9-24-18-29;/h5-10,18-19,22H,4,11-17H2,1-3H3,(H2,25,26,27);1H. The van der Waals surface area contributed by atoms with Gasteiger partial charge in [0, 0.05) is 51.7 Å². The number of ether oxygens (including phenoxy) is 1. The van der Waals surface area contributed by atoms with Crippen LogP contribution in [0.1, 0.15) is 31.9 Å². The molecule has 2 N–H and O–H groups in total. The Morgan fingerprint density at radius 1 is 1.23 bits per heavy atom. The van der Waals surface area contributed by atoms with Crippen LogP contribution in [0, 0.1) is 5.92 Å². The van der Waals surface area contributed by atoms with Crippen molar-refractivity contribution in [1.82, 2.24) is 25.1 Å². The molecule has 31 heavy (non-hydrogen) atoms. The van der Waals surface area contributed by atoms with E-state index in [1.165, 1.54) is 11.1 Å². The Morgan fingerprint density at radius 2 is 2.00 bits per heavy atom. The van der Waals surface area contributed by atoms with Gasteiger partial charge in [0.25, 0.3) is 0 Å². The van der Waals surface area contributed by atoms with E-state index in [1.54, 1.807) is 6.20 Å². The summed E-state index contributed by atoms with van der Waals surface area (Å²) in [6.45, 7) is 13.6. The van der Waals surface area contributed by atoms with Crippen LogP contribution in [0.4, 0.5) is 0 Å². The van der Waals surface area contributed by atoms with Crippen LogP contribution in [0.2, 0.25) is 0 Å². The first kappa shape index (κ1) is 25.6. The average Bonchev–Trinajstić information content (AvgIpc) is 3.24. The number of aromatic nitrogens is 2. The van der Waals surface area contributed by atoms with Crippen molar-refractivity contribution in [3.8, 4) is 0 Å². The molecule has 1 aromatic heterocycles. The predicted molar refractivity (Wildman–Crippen MR) is 137 cm³/mol. The first-order chi connectivity index (χ1) is 14.6. The Balaban J connectivity index is 0.00000341. The fourth-order valence-corrected chi connectivity index (χ4v) is 3.65. The number of morpholine rings is 1. The monoisotopic (exact) mass is 540 g/mol. The van der Waals surface area contributed by atoms with Gasteiger partial charge in [-0.05, 0) is 24.0 Å². The maximum atomic E-state index is 5.94. The zero-order chi connectivity index (χ0) is 21.2. The second-order valence-electron chi connectivity index (χ2n) is 8.27. The van der Waals surface area contributed by atoms with Crippen LogP contribution in [-0.2, 0) is 17.8 Å². The van der Waals surface area contributed by atoms with Gasteiger partial charge in [0.15, 0.2) is 5.96 Å². The van der Waals surface area contributed by atoms with Crippen LogP contribution in [0.25, 0.3) is 0 Å². The van der Waals surface area contributed by atoms with E-state index in [-0.39, 0.29) is 30.1 Å². The highest BCUT2D eigenvalue weighted by Crippen LogP contribution is 2.09. The molecule has 0 saturated carbocycles. The number of imidazole rings is 1. The highest BCUT2D eigenvalue weighted by Gasteiger charge is 2.21. The van der Waals surface area contributed by atoms with Gasteiger partial charge in [-0.2, -0.15) is 0 Å². The van der Waals surface area contributed by atoms with E-state index < -0.39 is 0 Å². The van der Waals surface area contributed by atoms with Gasteiger partial charge in [0.1, 0.15) is 0 Å². The first-order valence-electron chi connectivity index (χ1n) is 11.0. The van der Waals surface area contributed by atoms with Crippen molar-refractivity contribution in [1.29, 1.82) is 0 Å². The normalized spacial score (nSPS) is 17.4. The quantitative estimate of drug-likeness (QED) is 0.291. The molecule has 1 aliphatic rings. The maximum Gasteiger partial charge on any atom is 0.191 e. The Kier molecular flexibility index (Phi) is 11.3. The Hall–Kier alpha value is -1.65. The van der Waals surface area contributed by atoms with Gasteiger partial charge in [-0.3, -0.25) is 4.90 Å². The average molecular weight is 540 g/mol. The molecule has 7 nitrogen and oxygen atoms in total. The number of hydrogen-bond donors (Lipinski definition) is 2. The van der Waals surface area contributed by atoms with Gasteiger partial charge >= 0.3 is 0 Å². The molecule has 1 saturated heterocycles. The lowest BCUT2D eigenvalue weighted by atomic mass is 10.1. The lowest BCUT2D eigenvalue weighted by Gasteiger charge is -2.34. The van der Waals surface area contributed by atoms with Crippen molar-refractivity contribution in [2.45, 2.75) is 40.0 Å². The second kappa shape index (κ2) is 13.7. The number of nitrogens with one attached hydrogen (secondary N) is 2. The van der Waals surface area contributed by atoms with Crippen LogP contribution < -0.4 is 10.6 Å². The fourth-order valence-electron chi connectivity index (χ4n) is 3.65. The van der Waals surface area contributed by atoms with E-state index in [9.17, 15) is 0 Å². The molecule has 0 radical (unpaired) electrons. The third-order valence-electron chi connectivity index (χ3n) is 5.05. The number of benzene rings is 1. The summed E-state index contributed by atoms with van der Waals surface area (Å²) < 4.78 is 8.01. The molecular weight excluding hydrogens is 503 g/mol. The van der Waals surface area contributed by atoms with Crippen LogP contribution in [0.15, 0.2) is 48.0 Å². The molecule has 8 heteroatoms. The molecule has 0 spiro atoms. The second-order valence-corrected chi connectivity index (χ2v) is 8.27. The van der Waals surface area contributed by atoms with E-state index in [1.807, 2.05) is 12.5 Å². The van der Waals surface area contributed by atoms with Gasteiger partial charge in [0.05, 0.1) is 25.6 Å². The molecule has 3 rings (SSSR count). The van der Waals surface area contributed by atoms with Gasteiger partial charge < -0.3 is 19.9 Å². The van der Waals surface area contributed by atoms with E-state index in [4.69, 9.17) is 9.73 Å². The van der Waals surface area contributed by atoms with Crippen LogP contribution in [-0.4, -0.2) is 65.8 Å². The summed E-state index contributed by atoms with van der Waals surface area (Å²) in [6, 6.07) is 8.61. The number of halogens is 1. The molecule has 1 unspecified atom stereocenters. The highest BCUT2D eigenvalue weighted by atomic mass is 127. The fraction of sp³-hybridized carbons (Fsp3) is 0.565. The molecule has 0 aliphatic carbocycles. The van der Waals surface area contributed by atoms with Crippen molar-refractivity contribution in [3.63, 3.8) is 0 Å². The maximum absolute atomic E-state index is 5.94. The topological polar surface area (TPSA) is 66.7 Å². The molecule has 172 valence electrons. The van der Waals surface area contributed by atoms with Crippen LogP contribution in [0.5, 0.6) is 0 Å². The number of guanidine groups is 1. The van der Waals surface area contributed by atoms with E-state index in [0.29, 0.717) is 12.5 Å². The van der Waals surface area contributed by atoms with Crippen LogP contribution in [0.3, 0.4) is 0 Å². The summed E-state index contributed by atoms with van der Waals surface area (Å²) in [5.74, 6) is 1.52. The third-order valence-corrected chi connectivity index (χ3v) is 5.05. The summed E-state index contributed by atoms with van der Waals surface area (Å²) in [5.41, 5.74) is 2.45. The lowest BCUT2D eigenvalue weighted by molar-refractivity contribution is -0.0284. The van der Waals surface area contributed by atoms with Crippen molar-refractivity contribution in [2.75, 3.05) is 39.3 Å². The molecule has 2 aromatic rings. The molecular formula is C23H37IN6O. The van der Waals surface area contributed by atoms with Gasteiger partial charge in [-0.1, -0.05) is 38.1 Å². The van der Waals surface area contributed by atoms with E-state index in [0.717, 1.165) is 51.8 Å². The summed E-state index contributed by atoms with van der Waals surface area (Å²) in [4.78, 5) is 11.3. The first-order valence-corrected chi connectivity index (χ1v) is 11.0. The zero-order valence-corrected chi connectivity index (χ0v) is 21.3. The number of nitrogens with zero attached hydrogens (tertiary/aromatic N) is 4. The molecule has 0 bridgehead atoms. The molecule has 1 aliphatic heterocycles.